The molecule has 1 aromatic carbocycles. The monoisotopic (exact) mass is 345 g/mol. The molecule has 1 aliphatic heterocycles. The highest BCUT2D eigenvalue weighted by molar-refractivity contribution is 7.98. The molecule has 1 N–H and O–H groups in total. The van der Waals surface area contributed by atoms with Crippen LogP contribution < -0.4 is 5.32 Å². The van der Waals surface area contributed by atoms with Crippen molar-refractivity contribution in [2.24, 2.45) is 5.92 Å². The third kappa shape index (κ3) is 3.90. The number of hydrogen-bond acceptors (Lipinski definition) is 4. The van der Waals surface area contributed by atoms with Crippen LogP contribution in [0.3, 0.4) is 0 Å². The summed E-state index contributed by atoms with van der Waals surface area (Å²) in [6, 6.07) is 6.01. The molecule has 3 rings (SSSR count). The highest BCUT2D eigenvalue weighted by Crippen LogP contribution is 2.26. The SMILES string of the molecule is CSc1cccc(NC(=O)N2CCC[C@H](Cn3ccnn3)C2)c1C. The van der Waals surface area contributed by atoms with Crippen molar-refractivity contribution in [3.63, 3.8) is 0 Å². The van der Waals surface area contributed by atoms with Gasteiger partial charge in [0.05, 0.1) is 6.20 Å². The molecule has 0 aliphatic carbocycles. The summed E-state index contributed by atoms with van der Waals surface area (Å²) < 4.78 is 1.85. The molecule has 0 bridgehead atoms. The van der Waals surface area contributed by atoms with Crippen molar-refractivity contribution in [3.05, 3.63) is 36.2 Å². The lowest BCUT2D eigenvalue weighted by atomic mass is 9.98. The summed E-state index contributed by atoms with van der Waals surface area (Å²) in [6.45, 7) is 4.42. The Bertz CT molecular complexity index is 688. The van der Waals surface area contributed by atoms with Crippen LogP contribution in [-0.4, -0.2) is 45.3 Å². The van der Waals surface area contributed by atoms with E-state index < -0.39 is 0 Å². The second kappa shape index (κ2) is 7.70. The molecular formula is C17H23N5OS. The normalized spacial score (nSPS) is 17.8. The fourth-order valence-corrected chi connectivity index (χ4v) is 3.79. The van der Waals surface area contributed by atoms with Crippen molar-refractivity contribution < 1.29 is 4.79 Å². The van der Waals surface area contributed by atoms with Crippen LogP contribution in [-0.2, 0) is 6.54 Å². The van der Waals surface area contributed by atoms with Crippen molar-refractivity contribution in [2.75, 3.05) is 24.7 Å². The zero-order valence-electron chi connectivity index (χ0n) is 14.1. The molecule has 0 spiro atoms. The molecule has 128 valence electrons. The van der Waals surface area contributed by atoms with Crippen LogP contribution in [0.4, 0.5) is 10.5 Å². The largest absolute Gasteiger partial charge is 0.324 e. The summed E-state index contributed by atoms with van der Waals surface area (Å²) >= 11 is 1.69. The molecule has 1 aliphatic rings. The molecule has 1 fully saturated rings. The van der Waals surface area contributed by atoms with Gasteiger partial charge in [0.2, 0.25) is 0 Å². The molecule has 0 radical (unpaired) electrons. The molecule has 0 unspecified atom stereocenters. The van der Waals surface area contributed by atoms with Gasteiger partial charge in [0.25, 0.3) is 0 Å². The minimum atomic E-state index is -0.0142. The number of anilines is 1. The Morgan fingerprint density at radius 1 is 1.46 bits per heavy atom. The summed E-state index contributed by atoms with van der Waals surface area (Å²) in [5.74, 6) is 0.421. The van der Waals surface area contributed by atoms with E-state index in [0.717, 1.165) is 43.7 Å². The number of hydrogen-bond donors (Lipinski definition) is 1. The van der Waals surface area contributed by atoms with Gasteiger partial charge in [-0.25, -0.2) is 4.79 Å². The van der Waals surface area contributed by atoms with Crippen LogP contribution >= 0.6 is 11.8 Å². The summed E-state index contributed by atoms with van der Waals surface area (Å²) in [4.78, 5) is 15.7. The second-order valence-corrected chi connectivity index (χ2v) is 6.99. The first kappa shape index (κ1) is 16.8. The van der Waals surface area contributed by atoms with E-state index in [9.17, 15) is 4.79 Å². The zero-order valence-corrected chi connectivity index (χ0v) is 14.9. The van der Waals surface area contributed by atoms with Gasteiger partial charge in [0.1, 0.15) is 0 Å². The molecule has 2 heterocycles. The summed E-state index contributed by atoms with van der Waals surface area (Å²) in [5, 5.41) is 10.9. The molecule has 1 aromatic heterocycles. The van der Waals surface area contributed by atoms with Gasteiger partial charge in [0, 0.05) is 36.4 Å². The van der Waals surface area contributed by atoms with Crippen LogP contribution in [0.25, 0.3) is 0 Å². The van der Waals surface area contributed by atoms with Crippen LogP contribution in [0.5, 0.6) is 0 Å². The zero-order chi connectivity index (χ0) is 16.9. The molecule has 1 atom stereocenters. The molecular weight excluding hydrogens is 322 g/mol. The molecule has 7 heteroatoms. The second-order valence-electron chi connectivity index (χ2n) is 6.14. The number of nitrogens with zero attached hydrogens (tertiary/aromatic N) is 4. The predicted molar refractivity (Wildman–Crippen MR) is 96.3 cm³/mol. The lowest BCUT2D eigenvalue weighted by Crippen LogP contribution is -2.43. The number of nitrogens with one attached hydrogen (secondary N) is 1. The van der Waals surface area contributed by atoms with E-state index in [0.29, 0.717) is 5.92 Å². The fourth-order valence-electron chi connectivity index (χ4n) is 3.16. The van der Waals surface area contributed by atoms with E-state index in [4.69, 9.17) is 0 Å². The van der Waals surface area contributed by atoms with E-state index >= 15 is 0 Å². The molecule has 6 nitrogen and oxygen atoms in total. The Morgan fingerprint density at radius 2 is 2.33 bits per heavy atom. The van der Waals surface area contributed by atoms with E-state index in [1.165, 1.54) is 4.90 Å². The van der Waals surface area contributed by atoms with Crippen LogP contribution in [0.1, 0.15) is 18.4 Å². The molecule has 1 saturated heterocycles. The van der Waals surface area contributed by atoms with E-state index in [1.807, 2.05) is 41.1 Å². The quantitative estimate of drug-likeness (QED) is 0.864. The van der Waals surface area contributed by atoms with Crippen molar-refractivity contribution in [2.45, 2.75) is 31.2 Å². The number of likely N-dealkylation sites (tertiary alicyclic amines) is 1. The van der Waals surface area contributed by atoms with Crippen molar-refractivity contribution in [1.29, 1.82) is 0 Å². The fraction of sp³-hybridized carbons (Fsp3) is 0.471. The maximum Gasteiger partial charge on any atom is 0.321 e. The smallest absolute Gasteiger partial charge is 0.321 e. The molecule has 24 heavy (non-hydrogen) atoms. The first-order valence-electron chi connectivity index (χ1n) is 8.21. The molecule has 0 saturated carbocycles. The third-order valence-electron chi connectivity index (χ3n) is 4.47. The highest BCUT2D eigenvalue weighted by Gasteiger charge is 2.24. The lowest BCUT2D eigenvalue weighted by molar-refractivity contribution is 0.168. The first-order chi connectivity index (χ1) is 11.7. The maximum absolute atomic E-state index is 12.6. The van der Waals surface area contributed by atoms with Crippen molar-refractivity contribution in [3.8, 4) is 0 Å². The third-order valence-corrected chi connectivity index (χ3v) is 5.35. The Labute approximate surface area is 146 Å². The van der Waals surface area contributed by atoms with E-state index in [1.54, 1.807) is 18.0 Å². The minimum Gasteiger partial charge on any atom is -0.324 e. The van der Waals surface area contributed by atoms with Gasteiger partial charge in [-0.05, 0) is 49.6 Å². The minimum absolute atomic E-state index is 0.0142. The number of rotatable bonds is 4. The van der Waals surface area contributed by atoms with Crippen LogP contribution in [0.2, 0.25) is 0 Å². The summed E-state index contributed by atoms with van der Waals surface area (Å²) in [7, 11) is 0. The first-order valence-corrected chi connectivity index (χ1v) is 9.43. The summed E-state index contributed by atoms with van der Waals surface area (Å²) in [6.07, 6.45) is 7.75. The van der Waals surface area contributed by atoms with Gasteiger partial charge in [-0.1, -0.05) is 11.3 Å². The Kier molecular flexibility index (Phi) is 5.40. The van der Waals surface area contributed by atoms with E-state index in [2.05, 4.69) is 21.7 Å². The lowest BCUT2D eigenvalue weighted by Gasteiger charge is -2.32. The predicted octanol–water partition coefficient (Wildman–Crippen LogP) is 3.25. The van der Waals surface area contributed by atoms with Crippen LogP contribution in [0.15, 0.2) is 35.5 Å². The number of aromatic nitrogens is 3. The number of urea groups is 1. The van der Waals surface area contributed by atoms with Crippen molar-refractivity contribution >= 4 is 23.5 Å². The van der Waals surface area contributed by atoms with Crippen LogP contribution in [0, 0.1) is 12.8 Å². The Balaban J connectivity index is 1.62. The number of carbonyl (C=O) groups is 1. The average molecular weight is 345 g/mol. The van der Waals surface area contributed by atoms with Gasteiger partial charge >= 0.3 is 6.03 Å². The summed E-state index contributed by atoms with van der Waals surface area (Å²) in [5.41, 5.74) is 2.01. The van der Waals surface area contributed by atoms with Gasteiger partial charge < -0.3 is 10.2 Å². The molecule has 2 amide bonds. The topological polar surface area (TPSA) is 63.1 Å². The Morgan fingerprint density at radius 3 is 3.08 bits per heavy atom. The number of thioether (sulfide) groups is 1. The highest BCUT2D eigenvalue weighted by atomic mass is 32.2. The van der Waals surface area contributed by atoms with Gasteiger partial charge in [-0.2, -0.15) is 0 Å². The maximum atomic E-state index is 12.6. The van der Waals surface area contributed by atoms with Gasteiger partial charge in [0.15, 0.2) is 0 Å². The number of piperidine rings is 1. The number of amides is 2. The Hall–Kier alpha value is -2.02. The number of benzene rings is 1. The van der Waals surface area contributed by atoms with Gasteiger partial charge in [-0.15, -0.1) is 16.9 Å². The number of carbonyl (C=O) groups excluding carboxylic acids is 1. The standard InChI is InChI=1S/C17H23N5OS/c1-13-15(6-3-7-16(13)24-2)19-17(23)21-9-4-5-14(11-21)12-22-10-8-18-20-22/h3,6-8,10,14H,4-5,9,11-12H2,1-2H3,(H,19,23)/t14-/m0/s1. The average Bonchev–Trinajstić information content (AvgIpc) is 3.10. The van der Waals surface area contributed by atoms with E-state index in [-0.39, 0.29) is 6.03 Å². The molecule has 2 aromatic rings. The van der Waals surface area contributed by atoms with Crippen molar-refractivity contribution in [1.82, 2.24) is 19.9 Å². The van der Waals surface area contributed by atoms with Gasteiger partial charge in [-0.3, -0.25) is 4.68 Å².